The molecule has 1 rings (SSSR count). The van der Waals surface area contributed by atoms with E-state index in [9.17, 15) is 4.39 Å². The van der Waals surface area contributed by atoms with Gasteiger partial charge in [0, 0.05) is 6.20 Å². The standard InChI is InChI=1S/C11H12ClFN2/c1-3-5-9(4-2)15-11-10(13)6-8(12)7-14-11/h2,6-7,9H,3,5H2,1H3,(H,14,15). The lowest BCUT2D eigenvalue weighted by Crippen LogP contribution is -2.18. The zero-order chi connectivity index (χ0) is 11.3. The lowest BCUT2D eigenvalue weighted by Gasteiger charge is -2.12. The molecule has 1 aromatic heterocycles. The first-order valence-electron chi connectivity index (χ1n) is 4.71. The number of aromatic nitrogens is 1. The zero-order valence-corrected chi connectivity index (χ0v) is 9.18. The predicted molar refractivity (Wildman–Crippen MR) is 60.4 cm³/mol. The second kappa shape index (κ2) is 5.57. The Balaban J connectivity index is 2.76. The minimum atomic E-state index is -0.487. The van der Waals surface area contributed by atoms with E-state index < -0.39 is 5.82 Å². The molecule has 0 aromatic carbocycles. The van der Waals surface area contributed by atoms with Crippen molar-refractivity contribution in [3.8, 4) is 12.3 Å². The first-order chi connectivity index (χ1) is 7.17. The third-order valence-electron chi connectivity index (χ3n) is 1.90. The summed E-state index contributed by atoms with van der Waals surface area (Å²) >= 11 is 5.58. The number of nitrogens with one attached hydrogen (secondary N) is 1. The Morgan fingerprint density at radius 1 is 1.73 bits per heavy atom. The van der Waals surface area contributed by atoms with Crippen molar-refractivity contribution in [2.45, 2.75) is 25.8 Å². The number of terminal acetylenes is 1. The second-order valence-electron chi connectivity index (χ2n) is 3.14. The minimum Gasteiger partial charge on any atom is -0.354 e. The first kappa shape index (κ1) is 11.8. The SMILES string of the molecule is C#CC(CCC)Nc1ncc(Cl)cc1F. The number of anilines is 1. The number of hydrogen-bond donors (Lipinski definition) is 1. The fourth-order valence-corrected chi connectivity index (χ4v) is 1.32. The van der Waals surface area contributed by atoms with Crippen molar-refractivity contribution in [1.29, 1.82) is 0 Å². The Labute approximate surface area is 93.9 Å². The van der Waals surface area contributed by atoms with E-state index in [1.54, 1.807) is 0 Å². The van der Waals surface area contributed by atoms with Crippen LogP contribution in [0.2, 0.25) is 5.02 Å². The number of rotatable bonds is 4. The molecule has 80 valence electrons. The van der Waals surface area contributed by atoms with Gasteiger partial charge < -0.3 is 5.32 Å². The highest BCUT2D eigenvalue weighted by atomic mass is 35.5. The summed E-state index contributed by atoms with van der Waals surface area (Å²) in [5, 5.41) is 3.11. The van der Waals surface area contributed by atoms with E-state index in [1.165, 1.54) is 12.3 Å². The summed E-state index contributed by atoms with van der Waals surface area (Å²) in [6.07, 6.45) is 8.38. The zero-order valence-electron chi connectivity index (χ0n) is 8.43. The molecule has 0 amide bonds. The molecule has 0 bridgehead atoms. The summed E-state index contributed by atoms with van der Waals surface area (Å²) in [6.45, 7) is 2.01. The number of nitrogens with zero attached hydrogens (tertiary/aromatic N) is 1. The van der Waals surface area contributed by atoms with Gasteiger partial charge in [-0.1, -0.05) is 30.9 Å². The summed E-state index contributed by atoms with van der Waals surface area (Å²) in [6, 6.07) is 1.01. The summed E-state index contributed by atoms with van der Waals surface area (Å²) in [5.74, 6) is 2.20. The third kappa shape index (κ3) is 3.41. The van der Waals surface area contributed by atoms with Crippen LogP contribution in [0.3, 0.4) is 0 Å². The normalized spacial score (nSPS) is 11.9. The molecule has 0 aliphatic heterocycles. The molecule has 1 heterocycles. The molecule has 0 radical (unpaired) electrons. The number of pyridine rings is 1. The van der Waals surface area contributed by atoms with Crippen molar-refractivity contribution < 1.29 is 4.39 Å². The van der Waals surface area contributed by atoms with Crippen LogP contribution in [0.4, 0.5) is 10.2 Å². The Morgan fingerprint density at radius 2 is 2.47 bits per heavy atom. The summed E-state index contributed by atoms with van der Waals surface area (Å²) < 4.78 is 13.3. The molecular formula is C11H12ClFN2. The fourth-order valence-electron chi connectivity index (χ4n) is 1.17. The van der Waals surface area contributed by atoms with Gasteiger partial charge in [-0.25, -0.2) is 9.37 Å². The summed E-state index contributed by atoms with van der Waals surface area (Å²) in [7, 11) is 0. The lowest BCUT2D eigenvalue weighted by molar-refractivity contribution is 0.620. The molecule has 1 aromatic rings. The number of halogens is 2. The monoisotopic (exact) mass is 226 g/mol. The van der Waals surface area contributed by atoms with Crippen LogP contribution in [0.5, 0.6) is 0 Å². The molecule has 0 saturated carbocycles. The van der Waals surface area contributed by atoms with E-state index in [0.717, 1.165) is 12.8 Å². The molecule has 15 heavy (non-hydrogen) atoms. The quantitative estimate of drug-likeness (QED) is 0.799. The first-order valence-corrected chi connectivity index (χ1v) is 5.09. The van der Waals surface area contributed by atoms with Gasteiger partial charge in [0.05, 0.1) is 11.1 Å². The van der Waals surface area contributed by atoms with Crippen molar-refractivity contribution in [2.75, 3.05) is 5.32 Å². The topological polar surface area (TPSA) is 24.9 Å². The Bertz CT molecular complexity index is 373. The van der Waals surface area contributed by atoms with Gasteiger partial charge in [0.25, 0.3) is 0 Å². The molecule has 0 fully saturated rings. The van der Waals surface area contributed by atoms with Crippen LogP contribution in [0.25, 0.3) is 0 Å². The molecule has 2 nitrogen and oxygen atoms in total. The maximum atomic E-state index is 13.3. The predicted octanol–water partition coefficient (Wildman–Crippen LogP) is 3.09. The van der Waals surface area contributed by atoms with Crippen LogP contribution in [-0.4, -0.2) is 11.0 Å². The fraction of sp³-hybridized carbons (Fsp3) is 0.364. The molecule has 0 spiro atoms. The van der Waals surface area contributed by atoms with E-state index in [-0.39, 0.29) is 16.9 Å². The molecule has 1 N–H and O–H groups in total. The van der Waals surface area contributed by atoms with Gasteiger partial charge in [-0.3, -0.25) is 0 Å². The van der Waals surface area contributed by atoms with E-state index in [4.69, 9.17) is 18.0 Å². The molecular weight excluding hydrogens is 215 g/mol. The Morgan fingerprint density at radius 3 is 3.00 bits per heavy atom. The van der Waals surface area contributed by atoms with E-state index in [0.29, 0.717) is 0 Å². The maximum absolute atomic E-state index is 13.3. The van der Waals surface area contributed by atoms with E-state index in [2.05, 4.69) is 16.2 Å². The van der Waals surface area contributed by atoms with Crippen LogP contribution < -0.4 is 5.32 Å². The minimum absolute atomic E-state index is 0.149. The molecule has 0 saturated heterocycles. The van der Waals surface area contributed by atoms with Crippen LogP contribution in [0.1, 0.15) is 19.8 Å². The number of hydrogen-bond acceptors (Lipinski definition) is 2. The van der Waals surface area contributed by atoms with Crippen LogP contribution in [-0.2, 0) is 0 Å². The smallest absolute Gasteiger partial charge is 0.166 e. The van der Waals surface area contributed by atoms with E-state index >= 15 is 0 Å². The molecule has 1 unspecified atom stereocenters. The van der Waals surface area contributed by atoms with E-state index in [1.807, 2.05) is 6.92 Å². The van der Waals surface area contributed by atoms with Crippen molar-refractivity contribution in [2.24, 2.45) is 0 Å². The van der Waals surface area contributed by atoms with Crippen LogP contribution >= 0.6 is 11.6 Å². The van der Waals surface area contributed by atoms with Gasteiger partial charge in [-0.05, 0) is 12.5 Å². The largest absolute Gasteiger partial charge is 0.354 e. The summed E-state index contributed by atoms with van der Waals surface area (Å²) in [4.78, 5) is 3.83. The molecule has 0 aliphatic carbocycles. The van der Waals surface area contributed by atoms with Gasteiger partial charge in [0.1, 0.15) is 0 Å². The average molecular weight is 227 g/mol. The van der Waals surface area contributed by atoms with Gasteiger partial charge in [-0.2, -0.15) is 0 Å². The maximum Gasteiger partial charge on any atom is 0.166 e. The highest BCUT2D eigenvalue weighted by Crippen LogP contribution is 2.16. The third-order valence-corrected chi connectivity index (χ3v) is 2.10. The summed E-state index contributed by atoms with van der Waals surface area (Å²) in [5.41, 5.74) is 0. The molecule has 1 atom stereocenters. The van der Waals surface area contributed by atoms with Crippen LogP contribution in [0, 0.1) is 18.2 Å². The molecule has 0 aliphatic rings. The highest BCUT2D eigenvalue weighted by Gasteiger charge is 2.09. The Kier molecular flexibility index (Phi) is 4.38. The average Bonchev–Trinajstić information content (AvgIpc) is 2.21. The van der Waals surface area contributed by atoms with Crippen LogP contribution in [0.15, 0.2) is 12.3 Å². The van der Waals surface area contributed by atoms with Crippen molar-refractivity contribution in [1.82, 2.24) is 4.98 Å². The van der Waals surface area contributed by atoms with Gasteiger partial charge in [-0.15, -0.1) is 6.42 Å². The lowest BCUT2D eigenvalue weighted by atomic mass is 10.2. The van der Waals surface area contributed by atoms with Gasteiger partial charge >= 0.3 is 0 Å². The van der Waals surface area contributed by atoms with Gasteiger partial charge in [0.15, 0.2) is 11.6 Å². The van der Waals surface area contributed by atoms with Crippen molar-refractivity contribution >= 4 is 17.4 Å². The highest BCUT2D eigenvalue weighted by molar-refractivity contribution is 6.30. The van der Waals surface area contributed by atoms with Crippen molar-refractivity contribution in [3.63, 3.8) is 0 Å². The second-order valence-corrected chi connectivity index (χ2v) is 3.57. The molecule has 4 heteroatoms. The van der Waals surface area contributed by atoms with Gasteiger partial charge in [0.2, 0.25) is 0 Å². The Hall–Kier alpha value is -1.27. The van der Waals surface area contributed by atoms with Crippen molar-refractivity contribution in [3.05, 3.63) is 23.1 Å².